The fourth-order valence-corrected chi connectivity index (χ4v) is 2.48. The second-order valence-electron chi connectivity index (χ2n) is 4.50. The van der Waals surface area contributed by atoms with Gasteiger partial charge < -0.3 is 10.4 Å². The van der Waals surface area contributed by atoms with Crippen LogP contribution in [0.1, 0.15) is 27.6 Å². The number of aliphatic hydroxyl groups is 1. The third-order valence-electron chi connectivity index (χ3n) is 3.24. The van der Waals surface area contributed by atoms with Crippen molar-refractivity contribution in [3.05, 3.63) is 63.6 Å². The third kappa shape index (κ3) is 2.05. The number of rotatable bonds is 2. The van der Waals surface area contributed by atoms with E-state index < -0.39 is 12.0 Å². The van der Waals surface area contributed by atoms with Crippen molar-refractivity contribution < 1.29 is 14.7 Å². The normalized spacial score (nSPS) is 16.7. The minimum atomic E-state index is -1.21. The van der Waals surface area contributed by atoms with Crippen LogP contribution < -0.4 is 5.32 Å². The zero-order valence-corrected chi connectivity index (χ0v) is 11.8. The number of carbonyl (C=O) groups is 2. The zero-order valence-electron chi connectivity index (χ0n) is 10.3. The summed E-state index contributed by atoms with van der Waals surface area (Å²) in [6.45, 7) is 0. The van der Waals surface area contributed by atoms with Crippen molar-refractivity contribution in [1.82, 2.24) is 0 Å². The number of amides is 1. The Balaban J connectivity index is 2.06. The number of halogens is 1. The van der Waals surface area contributed by atoms with Crippen LogP contribution in [-0.4, -0.2) is 16.8 Å². The molecule has 0 aromatic heterocycles. The van der Waals surface area contributed by atoms with E-state index in [1.54, 1.807) is 42.5 Å². The number of nitrogens with one attached hydrogen (secondary N) is 1. The first kappa shape index (κ1) is 13.0. The molecule has 1 atom stereocenters. The summed E-state index contributed by atoms with van der Waals surface area (Å²) in [7, 11) is 0. The van der Waals surface area contributed by atoms with E-state index in [2.05, 4.69) is 21.2 Å². The van der Waals surface area contributed by atoms with Crippen molar-refractivity contribution in [3.8, 4) is 0 Å². The summed E-state index contributed by atoms with van der Waals surface area (Å²) in [5, 5.41) is 12.3. The van der Waals surface area contributed by atoms with Crippen LogP contribution >= 0.6 is 15.9 Å². The molecule has 1 amide bonds. The Kier molecular flexibility index (Phi) is 3.16. The van der Waals surface area contributed by atoms with Crippen LogP contribution in [0.25, 0.3) is 0 Å². The van der Waals surface area contributed by atoms with Gasteiger partial charge in [-0.2, -0.15) is 0 Å². The molecule has 0 bridgehead atoms. The first-order valence-electron chi connectivity index (χ1n) is 6.00. The number of fused-ring (bicyclic) bond motifs is 1. The van der Waals surface area contributed by atoms with Gasteiger partial charge in [-0.25, -0.2) is 0 Å². The van der Waals surface area contributed by atoms with Gasteiger partial charge in [0.05, 0.1) is 5.69 Å². The zero-order chi connectivity index (χ0) is 14.3. The molecule has 1 aliphatic heterocycles. The lowest BCUT2D eigenvalue weighted by molar-refractivity contribution is -0.123. The summed E-state index contributed by atoms with van der Waals surface area (Å²) in [4.78, 5) is 24.0. The van der Waals surface area contributed by atoms with Gasteiger partial charge in [-0.05, 0) is 30.3 Å². The van der Waals surface area contributed by atoms with E-state index in [1.165, 1.54) is 0 Å². The molecule has 1 unspecified atom stereocenters. The van der Waals surface area contributed by atoms with E-state index in [4.69, 9.17) is 0 Å². The molecule has 2 aromatic rings. The summed E-state index contributed by atoms with van der Waals surface area (Å²) in [6, 6.07) is 11.9. The number of benzene rings is 2. The SMILES string of the molecule is O=C(c1ccc(Br)cc1)c1cccc2c1NC(=O)C2O. The summed E-state index contributed by atoms with van der Waals surface area (Å²) in [5.41, 5.74) is 1.75. The molecule has 0 radical (unpaired) electrons. The largest absolute Gasteiger partial charge is 0.378 e. The molecule has 4 nitrogen and oxygen atoms in total. The molecule has 1 aliphatic rings. The van der Waals surface area contributed by atoms with Gasteiger partial charge in [0, 0.05) is 21.2 Å². The predicted octanol–water partition coefficient (Wildman–Crippen LogP) is 2.67. The maximum atomic E-state index is 12.5. The van der Waals surface area contributed by atoms with Crippen molar-refractivity contribution >= 4 is 33.3 Å². The van der Waals surface area contributed by atoms with Crippen molar-refractivity contribution in [3.63, 3.8) is 0 Å². The van der Waals surface area contributed by atoms with Gasteiger partial charge in [0.1, 0.15) is 0 Å². The highest BCUT2D eigenvalue weighted by atomic mass is 79.9. The summed E-state index contributed by atoms with van der Waals surface area (Å²) < 4.78 is 0.885. The number of hydrogen-bond donors (Lipinski definition) is 2. The third-order valence-corrected chi connectivity index (χ3v) is 3.77. The standard InChI is InChI=1S/C15H10BrNO3/c16-9-6-4-8(5-7-9)13(18)10-2-1-3-11-12(10)17-15(20)14(11)19/h1-7,14,19H,(H,17,20). The molecule has 3 rings (SSSR count). The minimum Gasteiger partial charge on any atom is -0.378 e. The second kappa shape index (κ2) is 4.85. The molecular weight excluding hydrogens is 322 g/mol. The first-order valence-corrected chi connectivity index (χ1v) is 6.79. The van der Waals surface area contributed by atoms with Gasteiger partial charge in [0.25, 0.3) is 5.91 Å². The topological polar surface area (TPSA) is 66.4 Å². The lowest BCUT2D eigenvalue weighted by atomic mass is 9.99. The van der Waals surface area contributed by atoms with Gasteiger partial charge in [-0.1, -0.05) is 28.1 Å². The molecule has 2 N–H and O–H groups in total. The molecule has 0 saturated carbocycles. The molecular formula is C15H10BrNO3. The lowest BCUT2D eigenvalue weighted by Crippen LogP contribution is -2.11. The van der Waals surface area contributed by atoms with Crippen LogP contribution in [0.2, 0.25) is 0 Å². The van der Waals surface area contributed by atoms with Crippen LogP contribution in [0.15, 0.2) is 46.9 Å². The van der Waals surface area contributed by atoms with Gasteiger partial charge in [0.2, 0.25) is 0 Å². The average molecular weight is 332 g/mol. The quantitative estimate of drug-likeness (QED) is 0.831. The molecule has 20 heavy (non-hydrogen) atoms. The first-order chi connectivity index (χ1) is 9.58. The number of aliphatic hydroxyl groups excluding tert-OH is 1. The Morgan fingerprint density at radius 3 is 2.55 bits per heavy atom. The van der Waals surface area contributed by atoms with Gasteiger partial charge in [-0.3, -0.25) is 9.59 Å². The number of hydrogen-bond acceptors (Lipinski definition) is 3. The smallest absolute Gasteiger partial charge is 0.257 e. The number of para-hydroxylation sites is 1. The van der Waals surface area contributed by atoms with E-state index in [0.29, 0.717) is 22.4 Å². The molecule has 2 aromatic carbocycles. The van der Waals surface area contributed by atoms with Crippen LogP contribution in [0.4, 0.5) is 5.69 Å². The number of carbonyl (C=O) groups excluding carboxylic acids is 2. The Morgan fingerprint density at radius 1 is 1.15 bits per heavy atom. The monoisotopic (exact) mass is 331 g/mol. The summed E-state index contributed by atoms with van der Waals surface area (Å²) in [6.07, 6.45) is -1.21. The van der Waals surface area contributed by atoms with Crippen LogP contribution in [0, 0.1) is 0 Å². The molecule has 0 aliphatic carbocycles. The van der Waals surface area contributed by atoms with Crippen LogP contribution in [-0.2, 0) is 4.79 Å². The summed E-state index contributed by atoms with van der Waals surface area (Å²) in [5.74, 6) is -0.695. The van der Waals surface area contributed by atoms with Gasteiger partial charge >= 0.3 is 0 Å². The van der Waals surface area contributed by atoms with E-state index in [-0.39, 0.29) is 5.78 Å². The molecule has 5 heteroatoms. The minimum absolute atomic E-state index is 0.191. The Morgan fingerprint density at radius 2 is 1.85 bits per heavy atom. The maximum Gasteiger partial charge on any atom is 0.257 e. The van der Waals surface area contributed by atoms with Crippen molar-refractivity contribution in [2.24, 2.45) is 0 Å². The highest BCUT2D eigenvalue weighted by molar-refractivity contribution is 9.10. The lowest BCUT2D eigenvalue weighted by Gasteiger charge is -2.07. The number of ketones is 1. The molecule has 0 saturated heterocycles. The number of anilines is 1. The van der Waals surface area contributed by atoms with E-state index in [1.807, 2.05) is 0 Å². The fraction of sp³-hybridized carbons (Fsp3) is 0.0667. The van der Waals surface area contributed by atoms with Crippen molar-refractivity contribution in [1.29, 1.82) is 0 Å². The highest BCUT2D eigenvalue weighted by Crippen LogP contribution is 2.34. The predicted molar refractivity (Wildman–Crippen MR) is 77.6 cm³/mol. The average Bonchev–Trinajstić information content (AvgIpc) is 2.74. The highest BCUT2D eigenvalue weighted by Gasteiger charge is 2.31. The van der Waals surface area contributed by atoms with E-state index in [0.717, 1.165) is 4.47 Å². The fourth-order valence-electron chi connectivity index (χ4n) is 2.22. The van der Waals surface area contributed by atoms with Crippen LogP contribution in [0.3, 0.4) is 0 Å². The molecule has 0 fully saturated rings. The van der Waals surface area contributed by atoms with Crippen molar-refractivity contribution in [2.45, 2.75) is 6.10 Å². The summed E-state index contributed by atoms with van der Waals surface area (Å²) >= 11 is 3.31. The molecule has 0 spiro atoms. The van der Waals surface area contributed by atoms with Gasteiger partial charge in [0.15, 0.2) is 11.9 Å². The Labute approximate surface area is 123 Å². The molecule has 1 heterocycles. The molecule has 100 valence electrons. The second-order valence-corrected chi connectivity index (χ2v) is 5.41. The Bertz CT molecular complexity index is 710. The maximum absolute atomic E-state index is 12.5. The van der Waals surface area contributed by atoms with Gasteiger partial charge in [-0.15, -0.1) is 0 Å². The Hall–Kier alpha value is -1.98. The van der Waals surface area contributed by atoms with Crippen molar-refractivity contribution in [2.75, 3.05) is 5.32 Å². The van der Waals surface area contributed by atoms with E-state index >= 15 is 0 Å². The van der Waals surface area contributed by atoms with E-state index in [9.17, 15) is 14.7 Å². The van der Waals surface area contributed by atoms with Crippen LogP contribution in [0.5, 0.6) is 0 Å².